The van der Waals surface area contributed by atoms with Crippen LogP contribution in [0.3, 0.4) is 0 Å². The summed E-state index contributed by atoms with van der Waals surface area (Å²) < 4.78 is 1.58. The van der Waals surface area contributed by atoms with E-state index in [1.807, 2.05) is 0 Å². The Morgan fingerprint density at radius 1 is 1.42 bits per heavy atom. The van der Waals surface area contributed by atoms with Gasteiger partial charge in [-0.15, -0.1) is 12.4 Å². The highest BCUT2D eigenvalue weighted by Gasteiger charge is 2.19. The van der Waals surface area contributed by atoms with E-state index in [1.54, 1.807) is 30.1 Å². The highest BCUT2D eigenvalue weighted by Crippen LogP contribution is 2.24. The Bertz CT molecular complexity index is 769. The highest BCUT2D eigenvalue weighted by molar-refractivity contribution is 5.99. The number of aromatic nitrogens is 2. The lowest BCUT2D eigenvalue weighted by Crippen LogP contribution is -2.26. The average Bonchev–Trinajstić information content (AvgIpc) is 3.24. The topological polar surface area (TPSA) is 102 Å². The monoisotopic (exact) mass is 379 g/mol. The minimum absolute atomic E-state index is 0. The molecule has 1 unspecified atom stereocenters. The number of hydrogen-bond donors (Lipinski definition) is 2. The molecule has 1 aliphatic heterocycles. The molecule has 1 aliphatic rings. The predicted molar refractivity (Wildman–Crippen MR) is 100 cm³/mol. The smallest absolute Gasteiger partial charge is 0.269 e. The summed E-state index contributed by atoms with van der Waals surface area (Å²) in [5, 5.41) is 21.4. The number of rotatable bonds is 6. The second-order valence-corrected chi connectivity index (χ2v) is 6.27. The molecule has 9 heteroatoms. The van der Waals surface area contributed by atoms with Gasteiger partial charge < -0.3 is 10.6 Å². The lowest BCUT2D eigenvalue weighted by atomic mass is 10.0. The van der Waals surface area contributed by atoms with Crippen molar-refractivity contribution in [3.8, 4) is 11.3 Å². The number of nitrogens with zero attached hydrogens (tertiary/aromatic N) is 3. The van der Waals surface area contributed by atoms with Gasteiger partial charge in [0.2, 0.25) is 0 Å². The Morgan fingerprint density at radius 2 is 2.15 bits per heavy atom. The van der Waals surface area contributed by atoms with E-state index in [0.717, 1.165) is 25.9 Å². The van der Waals surface area contributed by atoms with Crippen molar-refractivity contribution in [3.63, 3.8) is 0 Å². The fourth-order valence-corrected chi connectivity index (χ4v) is 3.05. The Kier molecular flexibility index (Phi) is 6.70. The number of nitrogens with one attached hydrogen (secondary N) is 2. The number of nitro groups is 1. The fourth-order valence-electron chi connectivity index (χ4n) is 3.05. The Hall–Kier alpha value is -2.45. The number of carbonyl (C=O) groups excluding carboxylic acids is 1. The van der Waals surface area contributed by atoms with Crippen LogP contribution in [0.2, 0.25) is 0 Å². The molecule has 8 nitrogen and oxygen atoms in total. The maximum Gasteiger partial charge on any atom is 0.269 e. The molecule has 1 atom stereocenters. The van der Waals surface area contributed by atoms with Gasteiger partial charge in [-0.1, -0.05) is 0 Å². The van der Waals surface area contributed by atoms with Gasteiger partial charge in [0.25, 0.3) is 11.6 Å². The van der Waals surface area contributed by atoms with E-state index >= 15 is 0 Å². The van der Waals surface area contributed by atoms with Crippen LogP contribution in [0, 0.1) is 16.0 Å². The molecule has 3 rings (SSSR count). The molecule has 0 radical (unpaired) electrons. The lowest BCUT2D eigenvalue weighted by molar-refractivity contribution is -0.384. The average molecular weight is 380 g/mol. The quantitative estimate of drug-likeness (QED) is 0.591. The number of halogens is 1. The number of amides is 1. The van der Waals surface area contributed by atoms with Crippen molar-refractivity contribution < 1.29 is 9.72 Å². The highest BCUT2D eigenvalue weighted by atomic mass is 35.5. The third-order valence-electron chi connectivity index (χ3n) is 4.43. The zero-order valence-electron chi connectivity index (χ0n) is 14.5. The SMILES string of the molecule is Cl.Cn1cc(C(=O)NCCC2CCNC2)c(-c2ccc([N+](=O)[O-])cc2)n1. The molecule has 2 aromatic rings. The first kappa shape index (κ1) is 19.9. The van der Waals surface area contributed by atoms with Crippen molar-refractivity contribution in [3.05, 3.63) is 46.1 Å². The minimum atomic E-state index is -0.451. The minimum Gasteiger partial charge on any atom is -0.352 e. The third kappa shape index (κ3) is 4.59. The van der Waals surface area contributed by atoms with E-state index < -0.39 is 4.92 Å². The summed E-state index contributed by atoms with van der Waals surface area (Å²) in [6.45, 7) is 2.68. The molecule has 1 aromatic carbocycles. The molecule has 1 saturated heterocycles. The fraction of sp³-hybridized carbons (Fsp3) is 0.412. The normalized spacial score (nSPS) is 16.1. The molecule has 1 amide bonds. The van der Waals surface area contributed by atoms with E-state index in [0.29, 0.717) is 29.3 Å². The van der Waals surface area contributed by atoms with Gasteiger partial charge in [0.05, 0.1) is 10.5 Å². The summed E-state index contributed by atoms with van der Waals surface area (Å²) in [6, 6.07) is 6.06. The molecule has 1 fully saturated rings. The summed E-state index contributed by atoms with van der Waals surface area (Å²) in [5.74, 6) is 0.441. The number of aryl methyl sites for hydroxylation is 1. The van der Waals surface area contributed by atoms with Crippen LogP contribution in [0.1, 0.15) is 23.2 Å². The van der Waals surface area contributed by atoms with Gasteiger partial charge in [-0.25, -0.2) is 0 Å². The molecule has 0 bridgehead atoms. The summed E-state index contributed by atoms with van der Waals surface area (Å²) >= 11 is 0. The van der Waals surface area contributed by atoms with Gasteiger partial charge in [-0.05, 0) is 44.0 Å². The summed E-state index contributed by atoms with van der Waals surface area (Å²) in [7, 11) is 1.75. The largest absolute Gasteiger partial charge is 0.352 e. The second kappa shape index (κ2) is 8.77. The van der Waals surface area contributed by atoms with Crippen molar-refractivity contribution in [1.82, 2.24) is 20.4 Å². The van der Waals surface area contributed by atoms with Gasteiger partial charge >= 0.3 is 0 Å². The van der Waals surface area contributed by atoms with Gasteiger partial charge in [0.1, 0.15) is 5.69 Å². The Labute approximate surface area is 157 Å². The first-order valence-electron chi connectivity index (χ1n) is 8.32. The van der Waals surface area contributed by atoms with Crippen molar-refractivity contribution in [2.45, 2.75) is 12.8 Å². The van der Waals surface area contributed by atoms with Crippen LogP contribution in [0.15, 0.2) is 30.5 Å². The number of hydrogen-bond acceptors (Lipinski definition) is 5. The Morgan fingerprint density at radius 3 is 2.77 bits per heavy atom. The Balaban J connectivity index is 0.00000243. The standard InChI is InChI=1S/C17H21N5O3.ClH/c1-21-11-15(17(23)19-9-7-12-6-8-18-10-12)16(20-21)13-2-4-14(5-3-13)22(24)25;/h2-5,11-12,18H,6-10H2,1H3,(H,19,23);1H. The van der Waals surface area contributed by atoms with Gasteiger partial charge in [-0.2, -0.15) is 5.10 Å². The van der Waals surface area contributed by atoms with Crippen molar-refractivity contribution >= 4 is 24.0 Å². The molecule has 2 N–H and O–H groups in total. The number of benzene rings is 1. The van der Waals surface area contributed by atoms with Crippen LogP contribution in [-0.4, -0.2) is 40.2 Å². The zero-order chi connectivity index (χ0) is 17.8. The van der Waals surface area contributed by atoms with E-state index in [-0.39, 0.29) is 24.0 Å². The molecule has 140 valence electrons. The molecule has 0 saturated carbocycles. The second-order valence-electron chi connectivity index (χ2n) is 6.27. The van der Waals surface area contributed by atoms with Crippen LogP contribution in [-0.2, 0) is 7.05 Å². The van der Waals surface area contributed by atoms with Gasteiger partial charge in [-0.3, -0.25) is 19.6 Å². The summed E-state index contributed by atoms with van der Waals surface area (Å²) in [6.07, 6.45) is 3.77. The van der Waals surface area contributed by atoms with E-state index in [9.17, 15) is 14.9 Å². The number of non-ortho nitro benzene ring substituents is 1. The van der Waals surface area contributed by atoms with Crippen LogP contribution in [0.5, 0.6) is 0 Å². The third-order valence-corrected chi connectivity index (χ3v) is 4.43. The van der Waals surface area contributed by atoms with Crippen LogP contribution in [0.4, 0.5) is 5.69 Å². The summed E-state index contributed by atoms with van der Waals surface area (Å²) in [4.78, 5) is 22.8. The lowest BCUT2D eigenvalue weighted by Gasteiger charge is -2.09. The summed E-state index contributed by atoms with van der Waals surface area (Å²) in [5.41, 5.74) is 1.69. The van der Waals surface area contributed by atoms with Crippen LogP contribution in [0.25, 0.3) is 11.3 Å². The number of nitro benzene ring substituents is 1. The molecular formula is C17H22ClN5O3. The molecule has 0 spiro atoms. The van der Waals surface area contributed by atoms with Gasteiger partial charge in [0.15, 0.2) is 0 Å². The van der Waals surface area contributed by atoms with Crippen molar-refractivity contribution in [1.29, 1.82) is 0 Å². The van der Waals surface area contributed by atoms with Gasteiger partial charge in [0, 0.05) is 37.5 Å². The molecule has 2 heterocycles. The zero-order valence-corrected chi connectivity index (χ0v) is 15.3. The van der Waals surface area contributed by atoms with E-state index in [1.165, 1.54) is 12.1 Å². The first-order valence-corrected chi connectivity index (χ1v) is 8.32. The van der Waals surface area contributed by atoms with Crippen molar-refractivity contribution in [2.24, 2.45) is 13.0 Å². The maximum absolute atomic E-state index is 12.5. The van der Waals surface area contributed by atoms with E-state index in [4.69, 9.17) is 0 Å². The van der Waals surface area contributed by atoms with Crippen LogP contribution < -0.4 is 10.6 Å². The number of carbonyl (C=O) groups is 1. The molecule has 0 aliphatic carbocycles. The van der Waals surface area contributed by atoms with E-state index in [2.05, 4.69) is 15.7 Å². The molecule has 1 aromatic heterocycles. The maximum atomic E-state index is 12.5. The van der Waals surface area contributed by atoms with Crippen molar-refractivity contribution in [2.75, 3.05) is 19.6 Å². The predicted octanol–water partition coefficient (Wildman–Crippen LogP) is 2.15. The molecular weight excluding hydrogens is 358 g/mol. The first-order chi connectivity index (χ1) is 12.0. The van der Waals surface area contributed by atoms with Crippen LogP contribution >= 0.6 is 12.4 Å². The molecule has 26 heavy (non-hydrogen) atoms.